The number of nitrogens with one attached hydrogen (secondary N) is 2. The fourth-order valence-corrected chi connectivity index (χ4v) is 2.47. The molecule has 1 heterocycles. The molecule has 1 saturated heterocycles. The van der Waals surface area contributed by atoms with Gasteiger partial charge in [0.25, 0.3) is 5.91 Å². The fraction of sp³-hybridized carbons (Fsp3) is 0.500. The Kier molecular flexibility index (Phi) is 6.63. The summed E-state index contributed by atoms with van der Waals surface area (Å²) in [6.07, 6.45) is 3.45. The summed E-state index contributed by atoms with van der Waals surface area (Å²) in [4.78, 5) is 12.0. The van der Waals surface area contributed by atoms with Crippen LogP contribution in [0.3, 0.4) is 0 Å². The molecule has 0 aromatic heterocycles. The van der Waals surface area contributed by atoms with Gasteiger partial charge in [0.2, 0.25) is 0 Å². The lowest BCUT2D eigenvalue weighted by Crippen LogP contribution is -2.30. The van der Waals surface area contributed by atoms with Crippen molar-refractivity contribution in [3.8, 4) is 0 Å². The standard InChI is InChI=1S/C14H19ClN2O.ClH/c1-10-4-5-11(15)9-13(10)14(18)17-8-6-12-3-2-7-16-12;/h4-5,9,12,16H,2-3,6-8H2,1H3,(H,17,18);1H/t12-;/m1./s1. The van der Waals surface area contributed by atoms with Crippen LogP contribution >= 0.6 is 24.0 Å². The Morgan fingerprint density at radius 1 is 1.53 bits per heavy atom. The molecule has 0 spiro atoms. The summed E-state index contributed by atoms with van der Waals surface area (Å²) in [6.45, 7) is 3.73. The van der Waals surface area contributed by atoms with E-state index in [0.717, 1.165) is 18.5 Å². The molecule has 1 aromatic carbocycles. The van der Waals surface area contributed by atoms with Crippen molar-refractivity contribution >= 4 is 29.9 Å². The van der Waals surface area contributed by atoms with Crippen molar-refractivity contribution in [1.82, 2.24) is 10.6 Å². The van der Waals surface area contributed by atoms with Crippen LogP contribution in [0.5, 0.6) is 0 Å². The number of amides is 1. The van der Waals surface area contributed by atoms with Crippen LogP contribution in [0.25, 0.3) is 0 Å². The molecule has 1 fully saturated rings. The Balaban J connectivity index is 0.00000180. The molecule has 1 atom stereocenters. The van der Waals surface area contributed by atoms with Gasteiger partial charge in [0.1, 0.15) is 0 Å². The van der Waals surface area contributed by atoms with Gasteiger partial charge < -0.3 is 10.6 Å². The van der Waals surface area contributed by atoms with Crippen molar-refractivity contribution in [2.45, 2.75) is 32.2 Å². The van der Waals surface area contributed by atoms with Crippen molar-refractivity contribution in [3.63, 3.8) is 0 Å². The largest absolute Gasteiger partial charge is 0.352 e. The van der Waals surface area contributed by atoms with Crippen LogP contribution < -0.4 is 10.6 Å². The molecule has 0 aliphatic carbocycles. The summed E-state index contributed by atoms with van der Waals surface area (Å²) in [5.74, 6) is -0.0343. The Hall–Kier alpha value is -0.770. The van der Waals surface area contributed by atoms with E-state index in [1.165, 1.54) is 12.8 Å². The third kappa shape index (κ3) is 4.68. The van der Waals surface area contributed by atoms with Crippen LogP contribution in [0.2, 0.25) is 5.02 Å². The molecule has 0 saturated carbocycles. The quantitative estimate of drug-likeness (QED) is 0.898. The third-order valence-corrected chi connectivity index (χ3v) is 3.62. The van der Waals surface area contributed by atoms with E-state index in [4.69, 9.17) is 11.6 Å². The maximum Gasteiger partial charge on any atom is 0.251 e. The highest BCUT2D eigenvalue weighted by Crippen LogP contribution is 2.15. The van der Waals surface area contributed by atoms with Gasteiger partial charge >= 0.3 is 0 Å². The van der Waals surface area contributed by atoms with Crippen LogP contribution in [0.15, 0.2) is 18.2 Å². The molecular weight excluding hydrogens is 283 g/mol. The summed E-state index contributed by atoms with van der Waals surface area (Å²) in [5, 5.41) is 6.97. The molecule has 106 valence electrons. The van der Waals surface area contributed by atoms with E-state index in [2.05, 4.69) is 10.6 Å². The highest BCUT2D eigenvalue weighted by molar-refractivity contribution is 6.31. The van der Waals surface area contributed by atoms with Crippen LogP contribution in [0.1, 0.15) is 35.2 Å². The highest BCUT2D eigenvalue weighted by Gasteiger charge is 2.14. The number of benzene rings is 1. The number of hydrogen-bond acceptors (Lipinski definition) is 2. The summed E-state index contributed by atoms with van der Waals surface area (Å²) in [7, 11) is 0. The topological polar surface area (TPSA) is 41.1 Å². The molecule has 1 aliphatic heterocycles. The van der Waals surface area contributed by atoms with Gasteiger partial charge in [-0.25, -0.2) is 0 Å². The molecule has 2 rings (SSSR count). The zero-order valence-corrected chi connectivity index (χ0v) is 12.6. The van der Waals surface area contributed by atoms with E-state index in [9.17, 15) is 4.79 Å². The van der Waals surface area contributed by atoms with Gasteiger partial charge in [0, 0.05) is 23.2 Å². The van der Waals surface area contributed by atoms with Crippen molar-refractivity contribution in [2.75, 3.05) is 13.1 Å². The molecule has 2 N–H and O–H groups in total. The summed E-state index contributed by atoms with van der Waals surface area (Å²) < 4.78 is 0. The predicted octanol–water partition coefficient (Wildman–Crippen LogP) is 2.94. The molecule has 1 amide bonds. The smallest absolute Gasteiger partial charge is 0.251 e. The second-order valence-electron chi connectivity index (χ2n) is 4.80. The fourth-order valence-electron chi connectivity index (χ4n) is 2.30. The van der Waals surface area contributed by atoms with Crippen LogP contribution in [-0.4, -0.2) is 25.0 Å². The lowest BCUT2D eigenvalue weighted by Gasteiger charge is -2.11. The minimum Gasteiger partial charge on any atom is -0.352 e. The van der Waals surface area contributed by atoms with Gasteiger partial charge in [-0.05, 0) is 50.4 Å². The van der Waals surface area contributed by atoms with E-state index < -0.39 is 0 Å². The summed E-state index contributed by atoms with van der Waals surface area (Å²) in [6, 6.07) is 5.96. The first-order valence-electron chi connectivity index (χ1n) is 6.44. The maximum atomic E-state index is 12.0. The van der Waals surface area contributed by atoms with E-state index >= 15 is 0 Å². The SMILES string of the molecule is Cc1ccc(Cl)cc1C(=O)NCC[C@H]1CCCN1.Cl. The monoisotopic (exact) mass is 302 g/mol. The molecule has 5 heteroatoms. The van der Waals surface area contributed by atoms with E-state index in [0.29, 0.717) is 23.2 Å². The average Bonchev–Trinajstić information content (AvgIpc) is 2.85. The Labute approximate surface area is 125 Å². The summed E-state index contributed by atoms with van der Waals surface area (Å²) >= 11 is 5.91. The first-order chi connectivity index (χ1) is 8.66. The van der Waals surface area contributed by atoms with E-state index in [1.54, 1.807) is 12.1 Å². The Morgan fingerprint density at radius 3 is 3.00 bits per heavy atom. The Bertz CT molecular complexity index is 431. The number of carbonyl (C=O) groups is 1. The van der Waals surface area contributed by atoms with Crippen molar-refractivity contribution < 1.29 is 4.79 Å². The molecular formula is C14H20Cl2N2O. The molecule has 3 nitrogen and oxygen atoms in total. The number of halogens is 2. The maximum absolute atomic E-state index is 12.0. The van der Waals surface area contributed by atoms with Gasteiger partial charge in [-0.2, -0.15) is 0 Å². The summed E-state index contributed by atoms with van der Waals surface area (Å²) in [5.41, 5.74) is 1.62. The van der Waals surface area contributed by atoms with Crippen LogP contribution in [0.4, 0.5) is 0 Å². The molecule has 0 unspecified atom stereocenters. The molecule has 1 aromatic rings. The highest BCUT2D eigenvalue weighted by atomic mass is 35.5. The minimum atomic E-state index is -0.0343. The zero-order chi connectivity index (χ0) is 13.0. The van der Waals surface area contributed by atoms with Crippen LogP contribution in [-0.2, 0) is 0 Å². The lowest BCUT2D eigenvalue weighted by molar-refractivity contribution is 0.0951. The van der Waals surface area contributed by atoms with E-state index in [-0.39, 0.29) is 18.3 Å². The first kappa shape index (κ1) is 16.3. The molecule has 1 aliphatic rings. The Morgan fingerprint density at radius 2 is 2.32 bits per heavy atom. The van der Waals surface area contributed by atoms with Gasteiger partial charge in [-0.1, -0.05) is 17.7 Å². The molecule has 0 bridgehead atoms. The second kappa shape index (κ2) is 7.73. The minimum absolute atomic E-state index is 0. The zero-order valence-electron chi connectivity index (χ0n) is 11.0. The third-order valence-electron chi connectivity index (χ3n) is 3.38. The van der Waals surface area contributed by atoms with Crippen LogP contribution in [0, 0.1) is 6.92 Å². The lowest BCUT2D eigenvalue weighted by atomic mass is 10.1. The molecule has 19 heavy (non-hydrogen) atoms. The second-order valence-corrected chi connectivity index (χ2v) is 5.23. The average molecular weight is 303 g/mol. The number of carbonyl (C=O) groups excluding carboxylic acids is 1. The van der Waals surface area contributed by atoms with E-state index in [1.807, 2.05) is 13.0 Å². The number of rotatable bonds is 4. The van der Waals surface area contributed by atoms with Gasteiger partial charge in [-0.3, -0.25) is 4.79 Å². The van der Waals surface area contributed by atoms with Gasteiger partial charge in [0.15, 0.2) is 0 Å². The van der Waals surface area contributed by atoms with Crippen molar-refractivity contribution in [2.24, 2.45) is 0 Å². The number of aryl methyl sites for hydroxylation is 1. The van der Waals surface area contributed by atoms with Crippen molar-refractivity contribution in [1.29, 1.82) is 0 Å². The van der Waals surface area contributed by atoms with Crippen molar-refractivity contribution in [3.05, 3.63) is 34.3 Å². The predicted molar refractivity (Wildman–Crippen MR) is 81.4 cm³/mol. The normalized spacial score (nSPS) is 17.9. The van der Waals surface area contributed by atoms with Gasteiger partial charge in [-0.15, -0.1) is 12.4 Å². The first-order valence-corrected chi connectivity index (χ1v) is 6.82. The van der Waals surface area contributed by atoms with Gasteiger partial charge in [0.05, 0.1) is 0 Å². The number of hydrogen-bond donors (Lipinski definition) is 2. The molecule has 0 radical (unpaired) electrons.